The molecule has 0 bridgehead atoms. The first-order chi connectivity index (χ1) is 6.24. The highest BCUT2D eigenvalue weighted by Gasteiger charge is 1.96. The third-order valence-electron chi connectivity index (χ3n) is 2.10. The summed E-state index contributed by atoms with van der Waals surface area (Å²) in [6.45, 7) is 9.73. The summed E-state index contributed by atoms with van der Waals surface area (Å²) in [6.07, 6.45) is 1.88. The molecule has 0 aromatic heterocycles. The Kier molecular flexibility index (Phi) is 3.71. The molecule has 1 heteroatoms. The lowest BCUT2D eigenvalue weighted by atomic mass is 10.1. The molecule has 0 unspecified atom stereocenters. The van der Waals surface area contributed by atoms with E-state index in [1.807, 2.05) is 6.08 Å². The summed E-state index contributed by atoms with van der Waals surface area (Å²) in [5.41, 5.74) is 4.05. The van der Waals surface area contributed by atoms with Crippen LogP contribution in [-0.2, 0) is 6.54 Å². The Morgan fingerprint density at radius 1 is 1.38 bits per heavy atom. The first-order valence-electron chi connectivity index (χ1n) is 4.62. The van der Waals surface area contributed by atoms with Crippen molar-refractivity contribution in [3.63, 3.8) is 0 Å². The summed E-state index contributed by atoms with van der Waals surface area (Å²) in [5.74, 6) is 0. The van der Waals surface area contributed by atoms with E-state index in [4.69, 9.17) is 0 Å². The molecule has 70 valence electrons. The highest BCUT2D eigenvalue weighted by atomic mass is 14.8. The molecule has 0 aliphatic carbocycles. The van der Waals surface area contributed by atoms with Crippen LogP contribution < -0.4 is 5.32 Å². The fourth-order valence-electron chi connectivity index (χ4n) is 1.35. The van der Waals surface area contributed by atoms with Gasteiger partial charge in [0.15, 0.2) is 0 Å². The van der Waals surface area contributed by atoms with Gasteiger partial charge in [0.1, 0.15) is 0 Å². The molecular formula is C12H17N. The van der Waals surface area contributed by atoms with Crippen molar-refractivity contribution in [1.29, 1.82) is 0 Å². The van der Waals surface area contributed by atoms with Crippen molar-refractivity contribution < 1.29 is 0 Å². The molecule has 0 spiro atoms. The van der Waals surface area contributed by atoms with Crippen LogP contribution >= 0.6 is 0 Å². The largest absolute Gasteiger partial charge is 0.309 e. The smallest absolute Gasteiger partial charge is 0.0211 e. The number of aryl methyl sites for hydroxylation is 2. The van der Waals surface area contributed by atoms with Crippen molar-refractivity contribution in [2.45, 2.75) is 20.4 Å². The molecule has 1 nitrogen and oxygen atoms in total. The fourth-order valence-corrected chi connectivity index (χ4v) is 1.35. The van der Waals surface area contributed by atoms with Crippen LogP contribution in [0, 0.1) is 13.8 Å². The summed E-state index contributed by atoms with van der Waals surface area (Å²) in [6, 6.07) is 6.55. The van der Waals surface area contributed by atoms with Crippen molar-refractivity contribution in [1.82, 2.24) is 5.32 Å². The molecule has 0 radical (unpaired) electrons. The van der Waals surface area contributed by atoms with E-state index in [-0.39, 0.29) is 0 Å². The Morgan fingerprint density at radius 3 is 2.77 bits per heavy atom. The second kappa shape index (κ2) is 4.83. The van der Waals surface area contributed by atoms with E-state index in [0.717, 1.165) is 13.1 Å². The minimum absolute atomic E-state index is 0.868. The maximum Gasteiger partial charge on any atom is 0.0211 e. The maximum absolute atomic E-state index is 3.67. The quantitative estimate of drug-likeness (QED) is 0.548. The van der Waals surface area contributed by atoms with Gasteiger partial charge in [0.05, 0.1) is 0 Å². The second-order valence-corrected chi connectivity index (χ2v) is 3.35. The summed E-state index contributed by atoms with van der Waals surface area (Å²) >= 11 is 0. The first kappa shape index (κ1) is 10.0. The van der Waals surface area contributed by atoms with Crippen molar-refractivity contribution >= 4 is 0 Å². The number of hydrogen-bond acceptors (Lipinski definition) is 1. The zero-order valence-corrected chi connectivity index (χ0v) is 8.43. The van der Waals surface area contributed by atoms with Crippen LogP contribution in [0.5, 0.6) is 0 Å². The summed E-state index contributed by atoms with van der Waals surface area (Å²) in [5, 5.41) is 3.29. The van der Waals surface area contributed by atoms with Gasteiger partial charge in [-0.25, -0.2) is 0 Å². The van der Waals surface area contributed by atoms with Crippen LogP contribution in [-0.4, -0.2) is 6.54 Å². The number of nitrogens with one attached hydrogen (secondary N) is 1. The monoisotopic (exact) mass is 175 g/mol. The predicted molar refractivity (Wildman–Crippen MR) is 57.8 cm³/mol. The van der Waals surface area contributed by atoms with Crippen molar-refractivity contribution in [2.24, 2.45) is 0 Å². The van der Waals surface area contributed by atoms with Gasteiger partial charge in [0, 0.05) is 13.1 Å². The molecule has 0 heterocycles. The summed E-state index contributed by atoms with van der Waals surface area (Å²) in [7, 11) is 0. The Morgan fingerprint density at radius 2 is 2.15 bits per heavy atom. The highest BCUT2D eigenvalue weighted by Crippen LogP contribution is 2.09. The van der Waals surface area contributed by atoms with E-state index in [9.17, 15) is 0 Å². The highest BCUT2D eigenvalue weighted by molar-refractivity contribution is 5.30. The summed E-state index contributed by atoms with van der Waals surface area (Å²) in [4.78, 5) is 0. The molecule has 1 N–H and O–H groups in total. The minimum atomic E-state index is 0.868. The fraction of sp³-hybridized carbons (Fsp3) is 0.333. The third kappa shape index (κ3) is 3.03. The maximum atomic E-state index is 3.67. The van der Waals surface area contributed by atoms with Crippen molar-refractivity contribution in [2.75, 3.05) is 6.54 Å². The predicted octanol–water partition coefficient (Wildman–Crippen LogP) is 2.58. The zero-order chi connectivity index (χ0) is 9.68. The van der Waals surface area contributed by atoms with Crippen LogP contribution in [0.3, 0.4) is 0 Å². The molecule has 1 aromatic carbocycles. The lowest BCUT2D eigenvalue weighted by Gasteiger charge is -2.06. The molecule has 1 rings (SSSR count). The van der Waals surface area contributed by atoms with Gasteiger partial charge < -0.3 is 5.32 Å². The van der Waals surface area contributed by atoms with Crippen molar-refractivity contribution in [3.05, 3.63) is 47.5 Å². The normalized spacial score (nSPS) is 10.0. The van der Waals surface area contributed by atoms with Crippen LogP contribution in [0.4, 0.5) is 0 Å². The molecule has 0 aliphatic heterocycles. The molecule has 1 aromatic rings. The van der Waals surface area contributed by atoms with Gasteiger partial charge in [-0.3, -0.25) is 0 Å². The average Bonchev–Trinajstić information content (AvgIpc) is 2.09. The van der Waals surface area contributed by atoms with E-state index in [2.05, 4.69) is 43.9 Å². The van der Waals surface area contributed by atoms with E-state index < -0.39 is 0 Å². The topological polar surface area (TPSA) is 12.0 Å². The minimum Gasteiger partial charge on any atom is -0.309 e. The van der Waals surface area contributed by atoms with E-state index in [1.165, 1.54) is 16.7 Å². The standard InChI is InChI=1S/C12H17N/c1-4-7-13-9-12-6-5-10(2)8-11(12)3/h4-6,8,13H,1,7,9H2,2-3H3. The molecule has 0 fully saturated rings. The number of benzene rings is 1. The van der Waals surface area contributed by atoms with Gasteiger partial charge in [-0.1, -0.05) is 29.8 Å². The third-order valence-corrected chi connectivity index (χ3v) is 2.10. The van der Waals surface area contributed by atoms with E-state index >= 15 is 0 Å². The van der Waals surface area contributed by atoms with Gasteiger partial charge in [0.25, 0.3) is 0 Å². The first-order valence-corrected chi connectivity index (χ1v) is 4.62. The van der Waals surface area contributed by atoms with Gasteiger partial charge in [-0.2, -0.15) is 0 Å². The van der Waals surface area contributed by atoms with E-state index in [1.54, 1.807) is 0 Å². The average molecular weight is 175 g/mol. The molecule has 0 aliphatic rings. The molecule has 0 amide bonds. The van der Waals surface area contributed by atoms with Gasteiger partial charge in [-0.15, -0.1) is 6.58 Å². The van der Waals surface area contributed by atoms with Crippen molar-refractivity contribution in [3.8, 4) is 0 Å². The molecule has 13 heavy (non-hydrogen) atoms. The lowest BCUT2D eigenvalue weighted by molar-refractivity contribution is 0.756. The van der Waals surface area contributed by atoms with E-state index in [0.29, 0.717) is 0 Å². The molecule has 0 saturated carbocycles. The van der Waals surface area contributed by atoms with Crippen LogP contribution in [0.25, 0.3) is 0 Å². The van der Waals surface area contributed by atoms with Crippen LogP contribution in [0.1, 0.15) is 16.7 Å². The Balaban J connectivity index is 2.61. The van der Waals surface area contributed by atoms with Gasteiger partial charge in [-0.05, 0) is 25.0 Å². The summed E-state index contributed by atoms with van der Waals surface area (Å²) < 4.78 is 0. The Bertz CT molecular complexity index is 289. The Labute approximate surface area is 80.5 Å². The second-order valence-electron chi connectivity index (χ2n) is 3.35. The number of hydrogen-bond donors (Lipinski definition) is 1. The van der Waals surface area contributed by atoms with Gasteiger partial charge in [0.2, 0.25) is 0 Å². The van der Waals surface area contributed by atoms with Gasteiger partial charge >= 0.3 is 0 Å². The lowest BCUT2D eigenvalue weighted by Crippen LogP contribution is -2.13. The Hall–Kier alpha value is -1.08. The SMILES string of the molecule is C=CCNCc1ccc(C)cc1C. The van der Waals surface area contributed by atoms with Crippen LogP contribution in [0.2, 0.25) is 0 Å². The zero-order valence-electron chi connectivity index (χ0n) is 8.43. The molecule has 0 atom stereocenters. The van der Waals surface area contributed by atoms with Crippen LogP contribution in [0.15, 0.2) is 30.9 Å². The molecular weight excluding hydrogens is 158 g/mol. The number of rotatable bonds is 4. The molecule has 0 saturated heterocycles.